The molecule has 0 spiro atoms. The minimum atomic E-state index is -0.932. The van der Waals surface area contributed by atoms with Crippen molar-refractivity contribution in [1.29, 1.82) is 0 Å². The van der Waals surface area contributed by atoms with Crippen molar-refractivity contribution in [3.05, 3.63) is 45.9 Å². The second-order valence-corrected chi connectivity index (χ2v) is 14.8. The lowest BCUT2D eigenvalue weighted by Crippen LogP contribution is -2.56. The Labute approximate surface area is 297 Å². The van der Waals surface area contributed by atoms with Gasteiger partial charge in [-0.05, 0) is 71.4 Å². The quantitative estimate of drug-likeness (QED) is 0.184. The van der Waals surface area contributed by atoms with Gasteiger partial charge in [-0.25, -0.2) is 9.78 Å². The third-order valence-electron chi connectivity index (χ3n) is 8.96. The molecular weight excluding hydrogens is 664 g/mol. The number of nitrogens with one attached hydrogen (secondary N) is 1. The molecule has 1 saturated carbocycles. The van der Waals surface area contributed by atoms with Gasteiger partial charge in [-0.1, -0.05) is 31.4 Å². The second kappa shape index (κ2) is 17.8. The molecule has 2 fully saturated rings. The summed E-state index contributed by atoms with van der Waals surface area (Å²) in [6.45, 7) is 7.92. The zero-order valence-corrected chi connectivity index (χ0v) is 30.5. The maximum atomic E-state index is 14.3. The highest BCUT2D eigenvalue weighted by Crippen LogP contribution is 2.36. The molecule has 3 atom stereocenters. The van der Waals surface area contributed by atoms with Gasteiger partial charge in [-0.15, -0.1) is 11.3 Å². The molecular formula is C36H50N4O9S. The maximum absolute atomic E-state index is 14.3. The summed E-state index contributed by atoms with van der Waals surface area (Å²) in [5.74, 6) is -1.35. The van der Waals surface area contributed by atoms with E-state index in [1.165, 1.54) is 23.3 Å². The van der Waals surface area contributed by atoms with Crippen molar-refractivity contribution in [2.45, 2.75) is 103 Å². The number of likely N-dealkylation sites (tertiary alicyclic amines) is 1. The highest BCUT2D eigenvalue weighted by atomic mass is 32.1. The molecule has 1 saturated heterocycles. The van der Waals surface area contributed by atoms with E-state index in [4.69, 9.17) is 24.3 Å². The van der Waals surface area contributed by atoms with Crippen molar-refractivity contribution in [2.75, 3.05) is 33.4 Å². The van der Waals surface area contributed by atoms with Gasteiger partial charge in [-0.2, -0.15) is 0 Å². The maximum Gasteiger partial charge on any atom is 0.410 e. The first kappa shape index (κ1) is 38.8. The van der Waals surface area contributed by atoms with E-state index in [-0.39, 0.29) is 55.6 Å². The number of ketones is 1. The van der Waals surface area contributed by atoms with Crippen LogP contribution in [-0.4, -0.2) is 101 Å². The lowest BCUT2D eigenvalue weighted by atomic mass is 9.83. The number of hydrogen-bond donors (Lipinski definition) is 2. The number of carbonyl (C=O) groups is 5. The molecule has 3 unspecified atom stereocenters. The van der Waals surface area contributed by atoms with Crippen LogP contribution >= 0.6 is 11.3 Å². The average molecular weight is 715 g/mol. The van der Waals surface area contributed by atoms with Crippen LogP contribution in [0.25, 0.3) is 0 Å². The molecule has 13 nitrogen and oxygen atoms in total. The van der Waals surface area contributed by atoms with Gasteiger partial charge in [0.1, 0.15) is 40.7 Å². The molecule has 2 heterocycles. The number of benzene rings is 1. The molecule has 2 N–H and O–H groups in total. The number of hydrogen-bond acceptors (Lipinski definition) is 10. The fourth-order valence-electron chi connectivity index (χ4n) is 6.16. The molecule has 0 bridgehead atoms. The number of aromatic nitrogens is 1. The van der Waals surface area contributed by atoms with Crippen LogP contribution in [0, 0.1) is 5.92 Å². The predicted octanol–water partition coefficient (Wildman–Crippen LogP) is 5.23. The highest BCUT2D eigenvalue weighted by Gasteiger charge is 2.41. The molecule has 14 heteroatoms. The summed E-state index contributed by atoms with van der Waals surface area (Å²) in [6, 6.07) is 4.82. The smallest absolute Gasteiger partial charge is 0.410 e. The fourth-order valence-corrected chi connectivity index (χ4v) is 7.10. The minimum absolute atomic E-state index is 0.0280. The summed E-state index contributed by atoms with van der Waals surface area (Å²) >= 11 is 1.34. The molecule has 1 aromatic carbocycles. The Morgan fingerprint density at radius 2 is 1.80 bits per heavy atom. The number of nitrogens with zero attached hydrogens (tertiary/aromatic N) is 3. The Kier molecular flexibility index (Phi) is 13.8. The van der Waals surface area contributed by atoms with E-state index >= 15 is 0 Å². The number of likely N-dealkylation sites (N-methyl/N-ethyl adjacent to an activating group) is 1. The van der Waals surface area contributed by atoms with Crippen molar-refractivity contribution >= 4 is 41.0 Å². The van der Waals surface area contributed by atoms with Crippen molar-refractivity contribution in [2.24, 2.45) is 5.92 Å². The third-order valence-corrected chi connectivity index (χ3v) is 9.90. The summed E-state index contributed by atoms with van der Waals surface area (Å²) in [4.78, 5) is 72.3. The van der Waals surface area contributed by atoms with Gasteiger partial charge in [0.25, 0.3) is 0 Å². The van der Waals surface area contributed by atoms with E-state index in [1.807, 2.05) is 0 Å². The third kappa shape index (κ3) is 10.7. The van der Waals surface area contributed by atoms with Crippen molar-refractivity contribution in [3.8, 4) is 5.75 Å². The average Bonchev–Trinajstić information content (AvgIpc) is 3.77. The number of thiazole rings is 1. The van der Waals surface area contributed by atoms with Crippen LogP contribution in [-0.2, 0) is 23.9 Å². The summed E-state index contributed by atoms with van der Waals surface area (Å²) in [7, 11) is 1.51. The van der Waals surface area contributed by atoms with Crippen LogP contribution < -0.4 is 10.1 Å². The highest BCUT2D eigenvalue weighted by molar-refractivity contribution is 7.10. The Hall–Kier alpha value is -4.04. The molecule has 274 valence electrons. The van der Waals surface area contributed by atoms with E-state index in [2.05, 4.69) is 5.32 Å². The Balaban J connectivity index is 1.43. The molecule has 2 aromatic rings. The Morgan fingerprint density at radius 3 is 2.50 bits per heavy atom. The molecule has 1 aliphatic heterocycles. The molecule has 4 rings (SSSR count). The Morgan fingerprint density at radius 1 is 1.06 bits per heavy atom. The lowest BCUT2D eigenvalue weighted by molar-refractivity contribution is -0.140. The molecule has 1 aromatic heterocycles. The van der Waals surface area contributed by atoms with E-state index in [1.54, 1.807) is 62.2 Å². The van der Waals surface area contributed by atoms with Crippen LogP contribution in [0.1, 0.15) is 106 Å². The number of carbonyl (C=O) groups excluding carboxylic acids is 4. The van der Waals surface area contributed by atoms with Crippen LogP contribution in [0.2, 0.25) is 0 Å². The zero-order chi connectivity index (χ0) is 36.4. The first-order valence-electron chi connectivity index (χ1n) is 17.3. The molecule has 0 radical (unpaired) electrons. The van der Waals surface area contributed by atoms with E-state index in [9.17, 15) is 24.0 Å². The van der Waals surface area contributed by atoms with Crippen molar-refractivity contribution in [1.82, 2.24) is 20.1 Å². The minimum Gasteiger partial charge on any atom is -0.491 e. The topological polar surface area (TPSA) is 165 Å². The number of ether oxygens (including phenoxy) is 3. The van der Waals surface area contributed by atoms with Gasteiger partial charge < -0.3 is 29.5 Å². The van der Waals surface area contributed by atoms with E-state index in [0.29, 0.717) is 29.3 Å². The van der Waals surface area contributed by atoms with E-state index in [0.717, 1.165) is 38.5 Å². The summed E-state index contributed by atoms with van der Waals surface area (Å²) in [5, 5.41) is 14.1. The summed E-state index contributed by atoms with van der Waals surface area (Å²) < 4.78 is 16.4. The monoisotopic (exact) mass is 714 g/mol. The standard InChI is InChI=1S/C36H50N4O9S/c1-23(39(5)35(46)49-36(2,3)4)32(44)38-30(24-11-7-6-8-12-24)34(45)40-17-10-15-28(40)33-37-27(22-50-33)31(43)25-13-9-14-26(21-25)48-20-19-47-18-16-29(41)42/h9,13-14,21-24,28,30H,6-8,10-12,15-20H2,1-5H3,(H,38,44)(H,41,42). The normalized spacial score (nSPS) is 17.9. The van der Waals surface area contributed by atoms with Crippen LogP contribution in [0.4, 0.5) is 4.79 Å². The fraction of sp³-hybridized carbons (Fsp3) is 0.611. The zero-order valence-electron chi connectivity index (χ0n) is 29.6. The largest absolute Gasteiger partial charge is 0.491 e. The summed E-state index contributed by atoms with van der Waals surface area (Å²) in [5.41, 5.74) is -0.0425. The SMILES string of the molecule is CC(C(=O)NC(C(=O)N1CCCC1c1nc(C(=O)c2cccc(OCCOCCC(=O)O)c2)cs1)C1CCCCC1)N(C)C(=O)OC(C)(C)C. The predicted molar refractivity (Wildman–Crippen MR) is 186 cm³/mol. The van der Waals surface area contributed by atoms with Gasteiger partial charge in [0.2, 0.25) is 17.6 Å². The summed E-state index contributed by atoms with van der Waals surface area (Å²) in [6.07, 6.45) is 5.44. The van der Waals surface area contributed by atoms with Crippen LogP contribution in [0.5, 0.6) is 5.75 Å². The molecule has 3 amide bonds. The number of carboxylic acid groups (broad SMARTS) is 1. The Bertz CT molecular complexity index is 1500. The number of amides is 3. The molecule has 1 aliphatic carbocycles. The van der Waals surface area contributed by atoms with Gasteiger partial charge >= 0.3 is 12.1 Å². The van der Waals surface area contributed by atoms with Crippen LogP contribution in [0.3, 0.4) is 0 Å². The first-order chi connectivity index (χ1) is 23.7. The second-order valence-electron chi connectivity index (χ2n) is 13.9. The molecule has 50 heavy (non-hydrogen) atoms. The van der Waals surface area contributed by atoms with Gasteiger partial charge in [-0.3, -0.25) is 24.1 Å². The first-order valence-corrected chi connectivity index (χ1v) is 18.2. The van der Waals surface area contributed by atoms with Gasteiger partial charge in [0.05, 0.1) is 25.7 Å². The number of aliphatic carboxylic acids is 1. The van der Waals surface area contributed by atoms with E-state index < -0.39 is 35.7 Å². The van der Waals surface area contributed by atoms with Crippen molar-refractivity contribution < 1.29 is 43.3 Å². The number of carboxylic acids is 1. The lowest BCUT2D eigenvalue weighted by Gasteiger charge is -2.36. The van der Waals surface area contributed by atoms with Gasteiger partial charge in [0.15, 0.2) is 0 Å². The van der Waals surface area contributed by atoms with Crippen LogP contribution in [0.15, 0.2) is 29.6 Å². The molecule has 2 aliphatic rings. The number of rotatable bonds is 15. The van der Waals surface area contributed by atoms with Crippen molar-refractivity contribution in [3.63, 3.8) is 0 Å². The van der Waals surface area contributed by atoms with Gasteiger partial charge in [0, 0.05) is 24.5 Å².